The van der Waals surface area contributed by atoms with Gasteiger partial charge in [0.15, 0.2) is 0 Å². The number of aromatic nitrogens is 1. The Labute approximate surface area is 122 Å². The van der Waals surface area contributed by atoms with E-state index in [1.54, 1.807) is 6.20 Å². The number of fused-ring (bicyclic) bond motifs is 1. The van der Waals surface area contributed by atoms with Gasteiger partial charge in [0.1, 0.15) is 11.5 Å². The summed E-state index contributed by atoms with van der Waals surface area (Å²) in [5.41, 5.74) is 8.48. The first-order valence-corrected chi connectivity index (χ1v) is 6.59. The molecule has 0 aliphatic carbocycles. The van der Waals surface area contributed by atoms with E-state index in [4.69, 9.17) is 22.1 Å². The summed E-state index contributed by atoms with van der Waals surface area (Å²) < 4.78 is 5.91. The second-order valence-electron chi connectivity index (χ2n) is 4.61. The van der Waals surface area contributed by atoms with Crippen molar-refractivity contribution < 1.29 is 4.74 Å². The van der Waals surface area contributed by atoms with Crippen LogP contribution in [0.25, 0.3) is 10.9 Å². The molecule has 0 saturated heterocycles. The molecule has 1 aromatic heterocycles. The highest BCUT2D eigenvalue weighted by Crippen LogP contribution is 2.33. The molecule has 4 heteroatoms. The average Bonchev–Trinajstić information content (AvgIpc) is 2.41. The summed E-state index contributed by atoms with van der Waals surface area (Å²) in [6.45, 7) is 1.99. The van der Waals surface area contributed by atoms with Crippen LogP contribution in [0.3, 0.4) is 0 Å². The predicted molar refractivity (Wildman–Crippen MR) is 82.4 cm³/mol. The molecule has 3 nitrogen and oxygen atoms in total. The molecule has 0 fully saturated rings. The molecular weight excluding hydrogens is 272 g/mol. The molecule has 1 heterocycles. The van der Waals surface area contributed by atoms with Gasteiger partial charge in [-0.1, -0.05) is 17.7 Å². The standard InChI is InChI=1S/C16H13ClN2O/c1-10-2-5-16(13(18)8-10)20-15-6-7-19-14-9-11(17)3-4-12(14)15/h2-9H,18H2,1H3. The number of benzene rings is 2. The van der Waals surface area contributed by atoms with Gasteiger partial charge in [0.25, 0.3) is 0 Å². The van der Waals surface area contributed by atoms with Crippen molar-refractivity contribution in [3.8, 4) is 11.5 Å². The first-order chi connectivity index (χ1) is 9.63. The number of nitrogens with two attached hydrogens (primary N) is 1. The number of rotatable bonds is 2. The van der Waals surface area contributed by atoms with Gasteiger partial charge in [-0.05, 0) is 48.9 Å². The zero-order valence-electron chi connectivity index (χ0n) is 10.9. The van der Waals surface area contributed by atoms with Gasteiger partial charge in [-0.15, -0.1) is 0 Å². The molecule has 3 rings (SSSR count). The van der Waals surface area contributed by atoms with Crippen LogP contribution in [0, 0.1) is 6.92 Å². The Morgan fingerprint density at radius 1 is 1.05 bits per heavy atom. The Morgan fingerprint density at radius 3 is 2.70 bits per heavy atom. The Morgan fingerprint density at radius 2 is 1.90 bits per heavy atom. The van der Waals surface area contributed by atoms with Gasteiger partial charge < -0.3 is 10.5 Å². The molecular formula is C16H13ClN2O. The maximum Gasteiger partial charge on any atom is 0.150 e. The quantitative estimate of drug-likeness (QED) is 0.701. The highest BCUT2D eigenvalue weighted by molar-refractivity contribution is 6.31. The first kappa shape index (κ1) is 12.8. The first-order valence-electron chi connectivity index (χ1n) is 6.22. The third kappa shape index (κ3) is 2.40. The molecule has 2 N–H and O–H groups in total. The minimum Gasteiger partial charge on any atom is -0.454 e. The van der Waals surface area contributed by atoms with Crippen LogP contribution in [0.1, 0.15) is 5.56 Å². The highest BCUT2D eigenvalue weighted by atomic mass is 35.5. The van der Waals surface area contributed by atoms with Crippen molar-refractivity contribution in [1.29, 1.82) is 0 Å². The zero-order valence-corrected chi connectivity index (χ0v) is 11.7. The van der Waals surface area contributed by atoms with E-state index in [0.717, 1.165) is 16.5 Å². The molecule has 0 aliphatic rings. The van der Waals surface area contributed by atoms with E-state index >= 15 is 0 Å². The van der Waals surface area contributed by atoms with Crippen molar-refractivity contribution in [3.05, 3.63) is 59.2 Å². The molecule has 0 spiro atoms. The van der Waals surface area contributed by atoms with Gasteiger partial charge in [-0.25, -0.2) is 0 Å². The third-order valence-electron chi connectivity index (χ3n) is 3.05. The van der Waals surface area contributed by atoms with Crippen LogP contribution in [0.5, 0.6) is 11.5 Å². The number of anilines is 1. The fraction of sp³-hybridized carbons (Fsp3) is 0.0625. The summed E-state index contributed by atoms with van der Waals surface area (Å²) in [5, 5.41) is 1.55. The number of aryl methyl sites for hydroxylation is 1. The van der Waals surface area contributed by atoms with Crippen molar-refractivity contribution in [3.63, 3.8) is 0 Å². The van der Waals surface area contributed by atoms with Crippen molar-refractivity contribution in [2.75, 3.05) is 5.73 Å². The average molecular weight is 285 g/mol. The van der Waals surface area contributed by atoms with E-state index < -0.39 is 0 Å². The summed E-state index contributed by atoms with van der Waals surface area (Å²) in [6.07, 6.45) is 1.69. The SMILES string of the molecule is Cc1ccc(Oc2ccnc3cc(Cl)ccc23)c(N)c1. The lowest BCUT2D eigenvalue weighted by atomic mass is 10.2. The van der Waals surface area contributed by atoms with Crippen LogP contribution in [-0.2, 0) is 0 Å². The minimum absolute atomic E-state index is 0.615. The van der Waals surface area contributed by atoms with Crippen molar-refractivity contribution in [2.45, 2.75) is 6.92 Å². The summed E-state index contributed by atoms with van der Waals surface area (Å²) in [7, 11) is 0. The smallest absolute Gasteiger partial charge is 0.150 e. The molecule has 0 radical (unpaired) electrons. The Bertz CT molecular complexity index is 787. The number of hydrogen-bond acceptors (Lipinski definition) is 3. The second-order valence-corrected chi connectivity index (χ2v) is 5.05. The molecule has 3 aromatic rings. The monoisotopic (exact) mass is 284 g/mol. The van der Waals surface area contributed by atoms with Crippen molar-refractivity contribution in [1.82, 2.24) is 4.98 Å². The molecule has 0 atom stereocenters. The number of ether oxygens (including phenoxy) is 1. The number of nitrogens with zero attached hydrogens (tertiary/aromatic N) is 1. The molecule has 0 amide bonds. The molecule has 100 valence electrons. The molecule has 20 heavy (non-hydrogen) atoms. The second kappa shape index (κ2) is 5.02. The third-order valence-corrected chi connectivity index (χ3v) is 3.29. The summed E-state index contributed by atoms with van der Waals surface area (Å²) >= 11 is 5.97. The van der Waals surface area contributed by atoms with E-state index in [1.807, 2.05) is 49.4 Å². The van der Waals surface area contributed by atoms with E-state index in [1.165, 1.54) is 0 Å². The van der Waals surface area contributed by atoms with Crippen molar-refractivity contribution in [2.24, 2.45) is 0 Å². The van der Waals surface area contributed by atoms with Crippen LogP contribution in [0.2, 0.25) is 5.02 Å². The van der Waals surface area contributed by atoms with E-state index in [9.17, 15) is 0 Å². The van der Waals surface area contributed by atoms with Crippen LogP contribution in [0.15, 0.2) is 48.7 Å². The van der Waals surface area contributed by atoms with Gasteiger partial charge in [-0.3, -0.25) is 4.98 Å². The Hall–Kier alpha value is -2.26. The number of nitrogen functional groups attached to an aromatic ring is 1. The van der Waals surface area contributed by atoms with Crippen LogP contribution in [-0.4, -0.2) is 4.98 Å². The highest BCUT2D eigenvalue weighted by Gasteiger charge is 2.07. The van der Waals surface area contributed by atoms with Crippen LogP contribution >= 0.6 is 11.6 Å². The lowest BCUT2D eigenvalue weighted by molar-refractivity contribution is 0.490. The van der Waals surface area contributed by atoms with Gasteiger partial charge >= 0.3 is 0 Å². The Kier molecular flexibility index (Phi) is 3.20. The molecule has 0 saturated carbocycles. The minimum atomic E-state index is 0.615. The van der Waals surface area contributed by atoms with Gasteiger partial charge in [0.05, 0.1) is 11.2 Å². The van der Waals surface area contributed by atoms with E-state index in [2.05, 4.69) is 4.98 Å². The summed E-state index contributed by atoms with van der Waals surface area (Å²) in [6, 6.07) is 13.0. The van der Waals surface area contributed by atoms with Gasteiger partial charge in [0, 0.05) is 16.6 Å². The van der Waals surface area contributed by atoms with Crippen molar-refractivity contribution >= 4 is 28.2 Å². The van der Waals surface area contributed by atoms with Crippen LogP contribution < -0.4 is 10.5 Å². The molecule has 0 bridgehead atoms. The maximum atomic E-state index is 5.98. The maximum absolute atomic E-state index is 5.98. The number of pyridine rings is 1. The summed E-state index contributed by atoms with van der Waals surface area (Å²) in [5.74, 6) is 1.35. The Balaban J connectivity index is 2.06. The topological polar surface area (TPSA) is 48.1 Å². The molecule has 2 aromatic carbocycles. The van der Waals surface area contributed by atoms with Gasteiger partial charge in [0.2, 0.25) is 0 Å². The summed E-state index contributed by atoms with van der Waals surface area (Å²) in [4.78, 5) is 4.29. The normalized spacial score (nSPS) is 10.7. The van der Waals surface area contributed by atoms with Gasteiger partial charge in [-0.2, -0.15) is 0 Å². The zero-order chi connectivity index (χ0) is 14.1. The van der Waals surface area contributed by atoms with Crippen LogP contribution in [0.4, 0.5) is 5.69 Å². The largest absolute Gasteiger partial charge is 0.454 e. The van der Waals surface area contributed by atoms with E-state index in [-0.39, 0.29) is 0 Å². The van der Waals surface area contributed by atoms with E-state index in [0.29, 0.717) is 22.2 Å². The number of halogens is 1. The lowest BCUT2D eigenvalue weighted by Gasteiger charge is -2.11. The predicted octanol–water partition coefficient (Wildman–Crippen LogP) is 4.57. The number of hydrogen-bond donors (Lipinski definition) is 1. The molecule has 0 unspecified atom stereocenters. The lowest BCUT2D eigenvalue weighted by Crippen LogP contribution is -1.93. The fourth-order valence-electron chi connectivity index (χ4n) is 2.06. The molecule has 0 aliphatic heterocycles. The fourth-order valence-corrected chi connectivity index (χ4v) is 2.23.